The molecule has 1 aromatic rings. The van der Waals surface area contributed by atoms with E-state index in [0.29, 0.717) is 16.9 Å². The summed E-state index contributed by atoms with van der Waals surface area (Å²) in [6, 6.07) is 7.69. The minimum absolute atomic E-state index is 0.0808. The molecule has 1 aliphatic rings. The van der Waals surface area contributed by atoms with Gasteiger partial charge in [-0.05, 0) is 43.4 Å². The lowest BCUT2D eigenvalue weighted by Gasteiger charge is -2.24. The van der Waals surface area contributed by atoms with Gasteiger partial charge in [0, 0.05) is 25.7 Å². The molecule has 4 nitrogen and oxygen atoms in total. The molecule has 1 N–H and O–H groups in total. The lowest BCUT2D eigenvalue weighted by Crippen LogP contribution is -2.36. The van der Waals surface area contributed by atoms with Crippen LogP contribution < -0.4 is 5.32 Å². The molecular formula is C16H26N2O2S. The number of rotatable bonds is 7. The van der Waals surface area contributed by atoms with Gasteiger partial charge in [0.25, 0.3) is 0 Å². The largest absolute Gasteiger partial charge is 0.310 e. The monoisotopic (exact) mass is 310 g/mol. The average Bonchev–Trinajstić information content (AvgIpc) is 3.28. The van der Waals surface area contributed by atoms with Crippen LogP contribution in [0.4, 0.5) is 0 Å². The Labute approximate surface area is 128 Å². The zero-order valence-electron chi connectivity index (χ0n) is 13.3. The Morgan fingerprint density at radius 2 is 1.76 bits per heavy atom. The van der Waals surface area contributed by atoms with Crippen LogP contribution >= 0.6 is 0 Å². The third-order valence-electron chi connectivity index (χ3n) is 4.19. The van der Waals surface area contributed by atoms with Crippen LogP contribution in [0.1, 0.15) is 39.2 Å². The van der Waals surface area contributed by atoms with E-state index in [0.717, 1.165) is 24.9 Å². The summed E-state index contributed by atoms with van der Waals surface area (Å²) >= 11 is 0. The summed E-state index contributed by atoms with van der Waals surface area (Å²) in [5, 5.41) is 3.32. The molecule has 5 heteroatoms. The maximum Gasteiger partial charge on any atom is 0.243 e. The molecule has 21 heavy (non-hydrogen) atoms. The molecule has 0 saturated heterocycles. The quantitative estimate of drug-likeness (QED) is 0.842. The Morgan fingerprint density at radius 3 is 2.24 bits per heavy atom. The predicted molar refractivity (Wildman–Crippen MR) is 85.6 cm³/mol. The molecule has 1 fully saturated rings. The number of sulfonamides is 1. The van der Waals surface area contributed by atoms with Crippen LogP contribution in [0.25, 0.3) is 0 Å². The Bertz CT molecular complexity index is 562. The van der Waals surface area contributed by atoms with Gasteiger partial charge in [0.05, 0.1) is 4.90 Å². The van der Waals surface area contributed by atoms with Crippen molar-refractivity contribution in [3.05, 3.63) is 29.8 Å². The van der Waals surface area contributed by atoms with Crippen molar-refractivity contribution < 1.29 is 8.42 Å². The molecule has 0 heterocycles. The normalized spacial score (nSPS) is 17.4. The highest BCUT2D eigenvalue weighted by molar-refractivity contribution is 7.89. The summed E-state index contributed by atoms with van der Waals surface area (Å²) in [6.45, 7) is 6.93. The molecule has 1 aliphatic carbocycles. The van der Waals surface area contributed by atoms with Gasteiger partial charge in [-0.25, -0.2) is 8.42 Å². The zero-order chi connectivity index (χ0) is 15.6. The van der Waals surface area contributed by atoms with E-state index in [9.17, 15) is 8.42 Å². The number of hydrogen-bond acceptors (Lipinski definition) is 3. The standard InChI is InChI=1S/C16H26N2O2S/c1-12(2)17-11-14-5-9-16(10-6-14)21(19,20)18(4)13(3)15-7-8-15/h5-6,9-10,12-13,15,17H,7-8,11H2,1-4H3. The molecule has 0 aliphatic heterocycles. The van der Waals surface area contributed by atoms with E-state index >= 15 is 0 Å². The minimum atomic E-state index is -3.38. The fraction of sp³-hybridized carbons (Fsp3) is 0.625. The van der Waals surface area contributed by atoms with Crippen molar-refractivity contribution in [2.75, 3.05) is 7.05 Å². The number of benzene rings is 1. The first-order valence-electron chi connectivity index (χ1n) is 7.62. The highest BCUT2D eigenvalue weighted by atomic mass is 32.2. The second kappa shape index (κ2) is 6.46. The number of hydrogen-bond donors (Lipinski definition) is 1. The lowest BCUT2D eigenvalue weighted by molar-refractivity contribution is 0.357. The fourth-order valence-electron chi connectivity index (χ4n) is 2.36. The van der Waals surface area contributed by atoms with E-state index in [-0.39, 0.29) is 6.04 Å². The fourth-order valence-corrected chi connectivity index (χ4v) is 3.78. The van der Waals surface area contributed by atoms with Gasteiger partial charge in [-0.15, -0.1) is 0 Å². The van der Waals surface area contributed by atoms with Gasteiger partial charge in [0.1, 0.15) is 0 Å². The Hall–Kier alpha value is -0.910. The van der Waals surface area contributed by atoms with E-state index < -0.39 is 10.0 Å². The van der Waals surface area contributed by atoms with Crippen LogP contribution in [0, 0.1) is 5.92 Å². The van der Waals surface area contributed by atoms with Crippen molar-refractivity contribution >= 4 is 10.0 Å². The van der Waals surface area contributed by atoms with Gasteiger partial charge in [-0.3, -0.25) is 0 Å². The second-order valence-electron chi connectivity index (χ2n) is 6.28. The van der Waals surface area contributed by atoms with Crippen LogP contribution in [0.15, 0.2) is 29.2 Å². The average molecular weight is 310 g/mol. The van der Waals surface area contributed by atoms with E-state index in [2.05, 4.69) is 19.2 Å². The van der Waals surface area contributed by atoms with Crippen LogP contribution in [0.2, 0.25) is 0 Å². The number of nitrogens with one attached hydrogen (secondary N) is 1. The van der Waals surface area contributed by atoms with Gasteiger partial charge in [0.15, 0.2) is 0 Å². The van der Waals surface area contributed by atoms with Gasteiger partial charge in [-0.2, -0.15) is 4.31 Å². The third-order valence-corrected chi connectivity index (χ3v) is 6.15. The zero-order valence-corrected chi connectivity index (χ0v) is 14.2. The summed E-state index contributed by atoms with van der Waals surface area (Å²) in [5.41, 5.74) is 1.10. The molecular weight excluding hydrogens is 284 g/mol. The summed E-state index contributed by atoms with van der Waals surface area (Å²) in [4.78, 5) is 0.380. The Kier molecular flexibility index (Phi) is 5.07. The molecule has 0 radical (unpaired) electrons. The SMILES string of the molecule is CC(C)NCc1ccc(S(=O)(=O)N(C)C(C)C2CC2)cc1. The molecule has 1 aromatic carbocycles. The molecule has 0 aromatic heterocycles. The smallest absolute Gasteiger partial charge is 0.243 e. The van der Waals surface area contributed by atoms with Gasteiger partial charge >= 0.3 is 0 Å². The van der Waals surface area contributed by atoms with Crippen LogP contribution in [0.5, 0.6) is 0 Å². The highest BCUT2D eigenvalue weighted by Crippen LogP contribution is 2.36. The Morgan fingerprint density at radius 1 is 1.19 bits per heavy atom. The maximum atomic E-state index is 12.6. The van der Waals surface area contributed by atoms with E-state index in [4.69, 9.17) is 0 Å². The first kappa shape index (κ1) is 16.5. The summed E-state index contributed by atoms with van der Waals surface area (Å²) < 4.78 is 26.7. The van der Waals surface area contributed by atoms with Gasteiger partial charge in [0.2, 0.25) is 10.0 Å². The van der Waals surface area contributed by atoms with E-state index in [1.807, 2.05) is 19.1 Å². The van der Waals surface area contributed by atoms with Crippen molar-refractivity contribution in [3.8, 4) is 0 Å². The van der Waals surface area contributed by atoms with Crippen LogP contribution in [-0.2, 0) is 16.6 Å². The summed E-state index contributed by atoms with van der Waals surface area (Å²) in [6.07, 6.45) is 2.28. The molecule has 1 atom stereocenters. The second-order valence-corrected chi connectivity index (χ2v) is 8.28. The van der Waals surface area contributed by atoms with Crippen LogP contribution in [-0.4, -0.2) is 31.9 Å². The first-order valence-corrected chi connectivity index (χ1v) is 9.06. The number of nitrogens with zero attached hydrogens (tertiary/aromatic N) is 1. The molecule has 2 rings (SSSR count). The first-order chi connectivity index (χ1) is 9.82. The molecule has 1 unspecified atom stereocenters. The minimum Gasteiger partial charge on any atom is -0.310 e. The highest BCUT2D eigenvalue weighted by Gasteiger charge is 2.35. The predicted octanol–water partition coefficient (Wildman–Crippen LogP) is 2.60. The maximum absolute atomic E-state index is 12.6. The molecule has 0 amide bonds. The van der Waals surface area contributed by atoms with Crippen molar-refractivity contribution in [2.45, 2.75) is 57.1 Å². The van der Waals surface area contributed by atoms with Gasteiger partial charge in [-0.1, -0.05) is 26.0 Å². The van der Waals surface area contributed by atoms with Crippen molar-refractivity contribution in [1.82, 2.24) is 9.62 Å². The van der Waals surface area contributed by atoms with Gasteiger partial charge < -0.3 is 5.32 Å². The van der Waals surface area contributed by atoms with Crippen molar-refractivity contribution in [3.63, 3.8) is 0 Å². The molecule has 0 spiro atoms. The van der Waals surface area contributed by atoms with Crippen molar-refractivity contribution in [1.29, 1.82) is 0 Å². The topological polar surface area (TPSA) is 49.4 Å². The van der Waals surface area contributed by atoms with Crippen LogP contribution in [0.3, 0.4) is 0 Å². The Balaban J connectivity index is 2.09. The van der Waals surface area contributed by atoms with Crippen molar-refractivity contribution in [2.24, 2.45) is 5.92 Å². The lowest BCUT2D eigenvalue weighted by atomic mass is 10.2. The molecule has 1 saturated carbocycles. The third kappa shape index (κ3) is 4.05. The summed E-state index contributed by atoms with van der Waals surface area (Å²) in [5.74, 6) is 0.527. The summed E-state index contributed by atoms with van der Waals surface area (Å²) in [7, 11) is -1.69. The molecule has 118 valence electrons. The van der Waals surface area contributed by atoms with E-state index in [1.165, 1.54) is 4.31 Å². The molecule has 0 bridgehead atoms. The van der Waals surface area contributed by atoms with E-state index in [1.54, 1.807) is 19.2 Å².